The highest BCUT2D eigenvalue weighted by Crippen LogP contribution is 2.35. The lowest BCUT2D eigenvalue weighted by Crippen LogP contribution is -2.12. The number of nitrogens with zero attached hydrogens (tertiary/aromatic N) is 1. The number of benzene rings is 1. The number of nitro groups is 1. The van der Waals surface area contributed by atoms with Gasteiger partial charge in [0, 0.05) is 6.07 Å². The van der Waals surface area contributed by atoms with Crippen LogP contribution in [0.4, 0.5) is 5.69 Å². The Morgan fingerprint density at radius 1 is 1.36 bits per heavy atom. The average molecular weight is 214 g/mol. The minimum Gasteiger partial charge on any atom is -0.258 e. The maximum absolute atomic E-state index is 10.6. The van der Waals surface area contributed by atoms with Crippen LogP contribution in [-0.2, 0) is 5.41 Å². The molecule has 0 fully saturated rings. The van der Waals surface area contributed by atoms with Crippen molar-refractivity contribution in [2.24, 2.45) is 0 Å². The molecular formula is C10H12ClNO2. The summed E-state index contributed by atoms with van der Waals surface area (Å²) < 4.78 is 0. The fourth-order valence-electron chi connectivity index (χ4n) is 1.24. The van der Waals surface area contributed by atoms with E-state index in [2.05, 4.69) is 0 Å². The first-order valence-electron chi connectivity index (χ1n) is 4.27. The van der Waals surface area contributed by atoms with Gasteiger partial charge in [-0.1, -0.05) is 44.5 Å². The summed E-state index contributed by atoms with van der Waals surface area (Å²) in [6.07, 6.45) is 0. The van der Waals surface area contributed by atoms with Crippen molar-refractivity contribution in [1.82, 2.24) is 0 Å². The number of halogens is 1. The van der Waals surface area contributed by atoms with Crippen molar-refractivity contribution >= 4 is 17.3 Å². The van der Waals surface area contributed by atoms with Crippen LogP contribution in [-0.4, -0.2) is 4.92 Å². The molecule has 0 N–H and O–H groups in total. The van der Waals surface area contributed by atoms with Crippen LogP contribution in [0.1, 0.15) is 26.3 Å². The zero-order valence-corrected chi connectivity index (χ0v) is 9.13. The van der Waals surface area contributed by atoms with Crippen LogP contribution in [0.25, 0.3) is 0 Å². The quantitative estimate of drug-likeness (QED) is 0.529. The normalized spacial score (nSPS) is 11.4. The Kier molecular flexibility index (Phi) is 2.81. The predicted molar refractivity (Wildman–Crippen MR) is 56.8 cm³/mol. The van der Waals surface area contributed by atoms with E-state index < -0.39 is 4.92 Å². The van der Waals surface area contributed by atoms with Gasteiger partial charge in [-0.3, -0.25) is 10.1 Å². The molecule has 1 rings (SSSR count). The fourth-order valence-corrected chi connectivity index (χ4v) is 1.72. The molecule has 0 aromatic heterocycles. The molecule has 4 heteroatoms. The van der Waals surface area contributed by atoms with Gasteiger partial charge in [-0.05, 0) is 11.0 Å². The molecule has 3 nitrogen and oxygen atoms in total. The molecule has 0 saturated carbocycles. The highest BCUT2D eigenvalue weighted by atomic mass is 35.5. The third-order valence-electron chi connectivity index (χ3n) is 1.98. The van der Waals surface area contributed by atoms with Crippen molar-refractivity contribution in [1.29, 1.82) is 0 Å². The van der Waals surface area contributed by atoms with Gasteiger partial charge in [-0.15, -0.1) is 0 Å². The van der Waals surface area contributed by atoms with Gasteiger partial charge in [0.15, 0.2) is 0 Å². The Labute approximate surface area is 87.8 Å². The maximum atomic E-state index is 10.6. The first-order valence-corrected chi connectivity index (χ1v) is 4.65. The Balaban J connectivity index is 3.35. The SMILES string of the molecule is CC(C)(C)c1cccc([N+](=O)[O-])c1Cl. The molecule has 0 spiro atoms. The lowest BCUT2D eigenvalue weighted by Gasteiger charge is -2.19. The summed E-state index contributed by atoms with van der Waals surface area (Å²) in [4.78, 5) is 10.2. The molecule has 0 radical (unpaired) electrons. The van der Waals surface area contributed by atoms with E-state index in [0.717, 1.165) is 5.56 Å². The Morgan fingerprint density at radius 3 is 2.36 bits per heavy atom. The lowest BCUT2D eigenvalue weighted by molar-refractivity contribution is -0.384. The second-order valence-corrected chi connectivity index (χ2v) is 4.52. The topological polar surface area (TPSA) is 43.1 Å². The summed E-state index contributed by atoms with van der Waals surface area (Å²) in [7, 11) is 0. The van der Waals surface area contributed by atoms with Gasteiger partial charge in [0.1, 0.15) is 5.02 Å². The van der Waals surface area contributed by atoms with Gasteiger partial charge in [-0.2, -0.15) is 0 Å². The van der Waals surface area contributed by atoms with Crippen LogP contribution in [0.2, 0.25) is 5.02 Å². The average Bonchev–Trinajstić information content (AvgIpc) is 2.01. The van der Waals surface area contributed by atoms with Crippen molar-refractivity contribution in [3.63, 3.8) is 0 Å². The van der Waals surface area contributed by atoms with Gasteiger partial charge >= 0.3 is 0 Å². The maximum Gasteiger partial charge on any atom is 0.288 e. The second-order valence-electron chi connectivity index (χ2n) is 4.15. The van der Waals surface area contributed by atoms with Gasteiger partial charge in [0.05, 0.1) is 4.92 Å². The fraction of sp³-hybridized carbons (Fsp3) is 0.400. The molecule has 0 aliphatic carbocycles. The zero-order valence-electron chi connectivity index (χ0n) is 8.37. The third kappa shape index (κ3) is 2.04. The molecule has 0 aliphatic heterocycles. The van der Waals surface area contributed by atoms with Crippen LogP contribution in [0.3, 0.4) is 0 Å². The summed E-state index contributed by atoms with van der Waals surface area (Å²) in [6.45, 7) is 5.91. The van der Waals surface area contributed by atoms with E-state index in [0.29, 0.717) is 0 Å². The second kappa shape index (κ2) is 3.58. The Bertz CT molecular complexity index is 369. The molecule has 0 unspecified atom stereocenters. The van der Waals surface area contributed by atoms with Crippen LogP contribution < -0.4 is 0 Å². The van der Waals surface area contributed by atoms with Crippen LogP contribution >= 0.6 is 11.6 Å². The third-order valence-corrected chi connectivity index (χ3v) is 2.38. The van der Waals surface area contributed by atoms with Crippen molar-refractivity contribution in [2.75, 3.05) is 0 Å². The molecular weight excluding hydrogens is 202 g/mol. The van der Waals surface area contributed by atoms with Gasteiger partial charge < -0.3 is 0 Å². The van der Waals surface area contributed by atoms with Crippen molar-refractivity contribution in [3.05, 3.63) is 38.9 Å². The zero-order chi connectivity index (χ0) is 10.9. The summed E-state index contributed by atoms with van der Waals surface area (Å²) in [5.74, 6) is 0. The number of hydrogen-bond donors (Lipinski definition) is 0. The summed E-state index contributed by atoms with van der Waals surface area (Å²) >= 11 is 5.95. The lowest BCUT2D eigenvalue weighted by atomic mass is 9.87. The molecule has 0 heterocycles. The highest BCUT2D eigenvalue weighted by molar-refractivity contribution is 6.33. The Morgan fingerprint density at radius 2 is 1.93 bits per heavy atom. The van der Waals surface area contributed by atoms with Gasteiger partial charge in [0.2, 0.25) is 0 Å². The molecule has 0 amide bonds. The first-order chi connectivity index (χ1) is 6.34. The number of hydrogen-bond acceptors (Lipinski definition) is 2. The molecule has 1 aromatic carbocycles. The molecule has 14 heavy (non-hydrogen) atoms. The van der Waals surface area contributed by atoms with E-state index in [9.17, 15) is 10.1 Å². The smallest absolute Gasteiger partial charge is 0.258 e. The number of nitro benzene ring substituents is 1. The monoisotopic (exact) mass is 213 g/mol. The molecule has 76 valence electrons. The van der Waals surface area contributed by atoms with E-state index in [1.165, 1.54) is 6.07 Å². The van der Waals surface area contributed by atoms with E-state index in [4.69, 9.17) is 11.6 Å². The Hall–Kier alpha value is -1.09. The minimum absolute atomic E-state index is 0.0286. The number of rotatable bonds is 1. The standard InChI is InChI=1S/C10H12ClNO2/c1-10(2,3)7-5-4-6-8(9(7)11)12(13)14/h4-6H,1-3H3. The van der Waals surface area contributed by atoms with Gasteiger partial charge in [-0.25, -0.2) is 0 Å². The summed E-state index contributed by atoms with van der Waals surface area (Å²) in [6, 6.07) is 4.89. The van der Waals surface area contributed by atoms with E-state index >= 15 is 0 Å². The minimum atomic E-state index is -0.461. The predicted octanol–water partition coefficient (Wildman–Crippen LogP) is 3.55. The van der Waals surface area contributed by atoms with E-state index in [1.54, 1.807) is 6.07 Å². The van der Waals surface area contributed by atoms with Crippen LogP contribution in [0, 0.1) is 10.1 Å². The van der Waals surface area contributed by atoms with Gasteiger partial charge in [0.25, 0.3) is 5.69 Å². The van der Waals surface area contributed by atoms with Crippen molar-refractivity contribution in [3.8, 4) is 0 Å². The first kappa shape index (κ1) is 11.0. The summed E-state index contributed by atoms with van der Waals surface area (Å²) in [5.41, 5.74) is 0.593. The summed E-state index contributed by atoms with van der Waals surface area (Å²) in [5, 5.41) is 10.9. The van der Waals surface area contributed by atoms with Crippen molar-refractivity contribution in [2.45, 2.75) is 26.2 Å². The molecule has 0 atom stereocenters. The van der Waals surface area contributed by atoms with E-state index in [-0.39, 0.29) is 16.1 Å². The molecule has 0 bridgehead atoms. The molecule has 0 aliphatic rings. The van der Waals surface area contributed by atoms with Crippen LogP contribution in [0.5, 0.6) is 0 Å². The van der Waals surface area contributed by atoms with Crippen molar-refractivity contribution < 1.29 is 4.92 Å². The highest BCUT2D eigenvalue weighted by Gasteiger charge is 2.23. The van der Waals surface area contributed by atoms with E-state index in [1.807, 2.05) is 26.8 Å². The largest absolute Gasteiger partial charge is 0.288 e. The molecule has 1 aromatic rings. The molecule has 0 saturated heterocycles. The van der Waals surface area contributed by atoms with Crippen LogP contribution in [0.15, 0.2) is 18.2 Å².